The summed E-state index contributed by atoms with van der Waals surface area (Å²) in [5, 5.41) is 0.732. The van der Waals surface area contributed by atoms with Crippen molar-refractivity contribution in [3.8, 4) is 11.6 Å². The Labute approximate surface area is 164 Å². The van der Waals surface area contributed by atoms with Crippen LogP contribution in [-0.4, -0.2) is 16.5 Å². The fraction of sp³-hybridized carbons (Fsp3) is 0.238. The number of anilines is 3. The van der Waals surface area contributed by atoms with Crippen LogP contribution in [-0.2, 0) is 0 Å². The maximum Gasteiger partial charge on any atom is 0.248 e. The zero-order valence-electron chi connectivity index (χ0n) is 16.0. The van der Waals surface area contributed by atoms with E-state index in [0.717, 1.165) is 21.8 Å². The summed E-state index contributed by atoms with van der Waals surface area (Å²) in [6.45, 7) is 8.70. The summed E-state index contributed by atoms with van der Waals surface area (Å²) in [4.78, 5) is 10.7. The van der Waals surface area contributed by atoms with Gasteiger partial charge in [-0.2, -0.15) is 4.98 Å². The molecule has 0 atom stereocenters. The number of aromatic nitrogens is 2. The van der Waals surface area contributed by atoms with Crippen LogP contribution in [0, 0.1) is 20.8 Å². The number of rotatable bonds is 5. The molecular formula is C21H23ClN4O. The van der Waals surface area contributed by atoms with Crippen LogP contribution in [0.3, 0.4) is 0 Å². The lowest BCUT2D eigenvalue weighted by Crippen LogP contribution is -2.19. The van der Waals surface area contributed by atoms with Gasteiger partial charge in [0.2, 0.25) is 5.88 Å². The number of benzene rings is 2. The number of aryl methyl sites for hydroxylation is 3. The molecule has 0 saturated carbocycles. The van der Waals surface area contributed by atoms with E-state index in [0.29, 0.717) is 29.7 Å². The molecule has 2 N–H and O–H groups in total. The molecule has 27 heavy (non-hydrogen) atoms. The number of nitrogens with two attached hydrogens (primary N) is 1. The van der Waals surface area contributed by atoms with E-state index >= 15 is 0 Å². The molecule has 0 amide bonds. The second-order valence-electron chi connectivity index (χ2n) is 6.47. The average Bonchev–Trinajstić information content (AvgIpc) is 2.63. The average molecular weight is 383 g/mol. The van der Waals surface area contributed by atoms with Crippen LogP contribution in [0.15, 0.2) is 42.7 Å². The van der Waals surface area contributed by atoms with Gasteiger partial charge in [-0.05, 0) is 68.7 Å². The first-order chi connectivity index (χ1) is 12.9. The van der Waals surface area contributed by atoms with E-state index in [-0.39, 0.29) is 0 Å². The second kappa shape index (κ2) is 7.84. The Balaban J connectivity index is 1.98. The first-order valence-corrected chi connectivity index (χ1v) is 9.17. The van der Waals surface area contributed by atoms with Gasteiger partial charge in [0.05, 0.1) is 0 Å². The van der Waals surface area contributed by atoms with E-state index in [4.69, 9.17) is 22.1 Å². The normalized spacial score (nSPS) is 10.7. The van der Waals surface area contributed by atoms with E-state index < -0.39 is 0 Å². The van der Waals surface area contributed by atoms with Crippen molar-refractivity contribution in [3.63, 3.8) is 0 Å². The van der Waals surface area contributed by atoms with E-state index in [1.165, 1.54) is 11.9 Å². The van der Waals surface area contributed by atoms with Crippen LogP contribution in [0.5, 0.6) is 11.6 Å². The van der Waals surface area contributed by atoms with Crippen LogP contribution in [0.1, 0.15) is 23.6 Å². The standard InChI is InChI=1S/C21H23ClN4O/c1-5-26(16-8-6-7-13(2)9-16)20-19(23)21(25-12-24-20)27-17-10-14(3)18(22)15(4)11-17/h6-12H,5,23H2,1-4H3. The van der Waals surface area contributed by atoms with Gasteiger partial charge in [-0.1, -0.05) is 23.7 Å². The highest BCUT2D eigenvalue weighted by atomic mass is 35.5. The van der Waals surface area contributed by atoms with Gasteiger partial charge < -0.3 is 15.4 Å². The van der Waals surface area contributed by atoms with Gasteiger partial charge >= 0.3 is 0 Å². The number of hydrogen-bond acceptors (Lipinski definition) is 5. The molecule has 2 aromatic carbocycles. The third-order valence-electron chi connectivity index (χ3n) is 4.34. The van der Waals surface area contributed by atoms with E-state index in [2.05, 4.69) is 35.9 Å². The maximum absolute atomic E-state index is 6.37. The van der Waals surface area contributed by atoms with Crippen LogP contribution in [0.2, 0.25) is 5.02 Å². The van der Waals surface area contributed by atoms with E-state index in [9.17, 15) is 0 Å². The Bertz CT molecular complexity index is 951. The summed E-state index contributed by atoms with van der Waals surface area (Å²) < 4.78 is 5.96. The molecule has 0 aliphatic rings. The molecule has 140 valence electrons. The molecule has 0 bridgehead atoms. The highest BCUT2D eigenvalue weighted by Gasteiger charge is 2.17. The van der Waals surface area contributed by atoms with Gasteiger partial charge in [0.1, 0.15) is 17.8 Å². The molecule has 0 spiro atoms. The second-order valence-corrected chi connectivity index (χ2v) is 6.85. The smallest absolute Gasteiger partial charge is 0.248 e. The molecule has 0 aliphatic carbocycles. The third-order valence-corrected chi connectivity index (χ3v) is 4.93. The van der Waals surface area contributed by atoms with Crippen LogP contribution in [0.25, 0.3) is 0 Å². The van der Waals surface area contributed by atoms with Crippen LogP contribution < -0.4 is 15.4 Å². The Hall–Kier alpha value is -2.79. The summed E-state index contributed by atoms with van der Waals surface area (Å²) in [7, 11) is 0. The molecule has 0 saturated heterocycles. The summed E-state index contributed by atoms with van der Waals surface area (Å²) in [5.74, 6) is 1.59. The Morgan fingerprint density at radius 2 is 1.78 bits per heavy atom. The van der Waals surface area contributed by atoms with Crippen molar-refractivity contribution >= 4 is 28.8 Å². The third kappa shape index (κ3) is 3.98. The van der Waals surface area contributed by atoms with E-state index in [1.807, 2.05) is 43.0 Å². The fourth-order valence-electron chi connectivity index (χ4n) is 2.99. The molecule has 1 heterocycles. The highest BCUT2D eigenvalue weighted by Crippen LogP contribution is 2.36. The zero-order chi connectivity index (χ0) is 19.6. The van der Waals surface area contributed by atoms with Crippen molar-refractivity contribution < 1.29 is 4.74 Å². The number of halogens is 1. The number of nitrogens with zero attached hydrogens (tertiary/aromatic N) is 3. The summed E-state index contributed by atoms with van der Waals surface area (Å²) >= 11 is 6.24. The lowest BCUT2D eigenvalue weighted by Gasteiger charge is -2.24. The molecule has 3 rings (SSSR count). The van der Waals surface area contributed by atoms with Crippen molar-refractivity contribution in [2.75, 3.05) is 17.2 Å². The minimum absolute atomic E-state index is 0.326. The summed E-state index contributed by atoms with van der Waals surface area (Å²) in [6.07, 6.45) is 1.47. The zero-order valence-corrected chi connectivity index (χ0v) is 16.7. The fourth-order valence-corrected chi connectivity index (χ4v) is 3.10. The minimum atomic E-state index is 0.326. The van der Waals surface area contributed by atoms with Crippen molar-refractivity contribution in [3.05, 3.63) is 64.4 Å². The van der Waals surface area contributed by atoms with Crippen LogP contribution in [0.4, 0.5) is 17.2 Å². The van der Waals surface area contributed by atoms with Crippen molar-refractivity contribution in [2.45, 2.75) is 27.7 Å². The molecule has 0 aliphatic heterocycles. The lowest BCUT2D eigenvalue weighted by molar-refractivity contribution is 0.463. The molecule has 6 heteroatoms. The molecular weight excluding hydrogens is 360 g/mol. The first kappa shape index (κ1) is 19.0. The predicted molar refractivity (Wildman–Crippen MR) is 111 cm³/mol. The van der Waals surface area contributed by atoms with Crippen molar-refractivity contribution in [1.29, 1.82) is 0 Å². The largest absolute Gasteiger partial charge is 0.437 e. The van der Waals surface area contributed by atoms with Gasteiger partial charge in [-0.15, -0.1) is 0 Å². The van der Waals surface area contributed by atoms with Gasteiger partial charge in [-0.3, -0.25) is 0 Å². The minimum Gasteiger partial charge on any atom is -0.437 e. The SMILES string of the molecule is CCN(c1cccc(C)c1)c1ncnc(Oc2cc(C)c(Cl)c(C)c2)c1N. The van der Waals surface area contributed by atoms with Crippen molar-refractivity contribution in [2.24, 2.45) is 0 Å². The molecule has 3 aromatic rings. The topological polar surface area (TPSA) is 64.3 Å². The molecule has 5 nitrogen and oxygen atoms in total. The molecule has 0 unspecified atom stereocenters. The summed E-state index contributed by atoms with van der Waals surface area (Å²) in [6, 6.07) is 11.9. The van der Waals surface area contributed by atoms with Crippen LogP contribution >= 0.6 is 11.6 Å². The van der Waals surface area contributed by atoms with Gasteiger partial charge in [0, 0.05) is 17.3 Å². The number of hydrogen-bond donors (Lipinski definition) is 1. The predicted octanol–water partition coefficient (Wildman–Crippen LogP) is 5.59. The molecule has 0 fully saturated rings. The molecule has 1 aromatic heterocycles. The van der Waals surface area contributed by atoms with Gasteiger partial charge in [-0.25, -0.2) is 4.98 Å². The maximum atomic E-state index is 6.37. The quantitative estimate of drug-likeness (QED) is 0.623. The number of nitrogen functional groups attached to an aromatic ring is 1. The number of ether oxygens (including phenoxy) is 1. The monoisotopic (exact) mass is 382 g/mol. The first-order valence-electron chi connectivity index (χ1n) is 8.80. The Morgan fingerprint density at radius 3 is 2.41 bits per heavy atom. The van der Waals surface area contributed by atoms with E-state index in [1.54, 1.807) is 0 Å². The Kier molecular flexibility index (Phi) is 5.51. The highest BCUT2D eigenvalue weighted by molar-refractivity contribution is 6.32. The molecule has 0 radical (unpaired) electrons. The van der Waals surface area contributed by atoms with Gasteiger partial charge in [0.25, 0.3) is 0 Å². The van der Waals surface area contributed by atoms with Crippen molar-refractivity contribution in [1.82, 2.24) is 9.97 Å². The Morgan fingerprint density at radius 1 is 1.07 bits per heavy atom. The lowest BCUT2D eigenvalue weighted by atomic mass is 10.1. The van der Waals surface area contributed by atoms with Gasteiger partial charge in [0.15, 0.2) is 5.82 Å². The summed E-state index contributed by atoms with van der Waals surface area (Å²) in [5.41, 5.74) is 10.8.